The molecule has 176 valence electrons. The second kappa shape index (κ2) is 11.5. The van der Waals surface area contributed by atoms with Crippen LogP contribution in [0.2, 0.25) is 5.02 Å². The number of imide groups is 1. The maximum atomic E-state index is 13.9. The topological polar surface area (TPSA) is 79.0 Å². The number of carbonyl (C=O) groups is 3. The van der Waals surface area contributed by atoms with Gasteiger partial charge in [0, 0.05) is 12.1 Å². The molecule has 0 heterocycles. The number of ether oxygens (including phenoxy) is 1. The normalized spacial score (nSPS) is 10.4. The van der Waals surface area contributed by atoms with E-state index in [1.165, 1.54) is 31.3 Å². The van der Waals surface area contributed by atoms with E-state index in [0.717, 1.165) is 32.4 Å². The Morgan fingerprint density at radius 1 is 0.941 bits per heavy atom. The number of rotatable bonds is 6. The molecule has 0 bridgehead atoms. The molecule has 0 unspecified atom stereocenters. The van der Waals surface area contributed by atoms with Crippen LogP contribution in [0.15, 0.2) is 72.8 Å². The minimum Gasteiger partial charge on any atom is -0.444 e. The molecule has 0 spiro atoms. The summed E-state index contributed by atoms with van der Waals surface area (Å²) in [5, 5.41) is 2.31. The molecule has 0 fully saturated rings. The predicted octanol–water partition coefficient (Wildman–Crippen LogP) is 5.81. The molecule has 0 saturated carbocycles. The average molecular weight is 506 g/mol. The zero-order chi connectivity index (χ0) is 24.7. The molecule has 0 aliphatic carbocycles. The lowest BCUT2D eigenvalue weighted by atomic mass is 10.2. The van der Waals surface area contributed by atoms with Gasteiger partial charge in [0.15, 0.2) is 0 Å². The zero-order valence-corrected chi connectivity index (χ0v) is 19.3. The van der Waals surface area contributed by atoms with Crippen LogP contribution in [0, 0.1) is 11.6 Å². The lowest BCUT2D eigenvalue weighted by molar-refractivity contribution is 0.0958. The van der Waals surface area contributed by atoms with Crippen LogP contribution in [0.4, 0.5) is 24.1 Å². The van der Waals surface area contributed by atoms with Crippen LogP contribution in [0.5, 0.6) is 0 Å². The summed E-state index contributed by atoms with van der Waals surface area (Å²) < 4.78 is 35.1. The SMILES string of the molecule is CN(SN(C(=O)NC(=O)c1c(F)cccc1F)c1ccc(Cl)cc1)C(=O)OCc1ccccc1. The van der Waals surface area contributed by atoms with E-state index in [4.69, 9.17) is 16.3 Å². The van der Waals surface area contributed by atoms with Crippen molar-refractivity contribution in [2.24, 2.45) is 0 Å². The van der Waals surface area contributed by atoms with Gasteiger partial charge in [-0.15, -0.1) is 0 Å². The number of hydrogen-bond acceptors (Lipinski definition) is 5. The number of benzene rings is 3. The van der Waals surface area contributed by atoms with E-state index in [-0.39, 0.29) is 12.3 Å². The third-order valence-corrected chi connectivity index (χ3v) is 5.51. The van der Waals surface area contributed by atoms with Gasteiger partial charge in [-0.1, -0.05) is 48.0 Å². The van der Waals surface area contributed by atoms with Gasteiger partial charge in [0.25, 0.3) is 5.91 Å². The fourth-order valence-electron chi connectivity index (χ4n) is 2.67. The van der Waals surface area contributed by atoms with Crippen molar-refractivity contribution in [3.63, 3.8) is 0 Å². The van der Waals surface area contributed by atoms with Gasteiger partial charge in [-0.05, 0) is 42.0 Å². The Bertz CT molecular complexity index is 1160. The summed E-state index contributed by atoms with van der Waals surface area (Å²) in [6.45, 7) is 0.00274. The number of carbonyl (C=O) groups excluding carboxylic acids is 3. The summed E-state index contributed by atoms with van der Waals surface area (Å²) in [4.78, 5) is 37.7. The quantitative estimate of drug-likeness (QED) is 0.428. The van der Waals surface area contributed by atoms with Gasteiger partial charge in [0.05, 0.1) is 17.8 Å². The second-order valence-electron chi connectivity index (χ2n) is 6.75. The second-order valence-corrected chi connectivity index (χ2v) is 8.26. The number of anilines is 1. The molecular weight excluding hydrogens is 488 g/mol. The highest BCUT2D eigenvalue weighted by molar-refractivity contribution is 7.99. The Morgan fingerprint density at radius 2 is 1.56 bits per heavy atom. The van der Waals surface area contributed by atoms with E-state index in [1.807, 2.05) is 11.4 Å². The van der Waals surface area contributed by atoms with E-state index < -0.39 is 35.2 Å². The molecule has 0 aliphatic rings. The number of nitrogens with zero attached hydrogens (tertiary/aromatic N) is 2. The highest BCUT2D eigenvalue weighted by atomic mass is 35.5. The number of halogens is 3. The van der Waals surface area contributed by atoms with E-state index >= 15 is 0 Å². The largest absolute Gasteiger partial charge is 0.444 e. The molecule has 4 amide bonds. The van der Waals surface area contributed by atoms with Crippen LogP contribution in [0.1, 0.15) is 15.9 Å². The highest BCUT2D eigenvalue weighted by Gasteiger charge is 2.27. The molecule has 0 aliphatic heterocycles. The summed E-state index contributed by atoms with van der Waals surface area (Å²) in [7, 11) is 1.35. The number of hydrogen-bond donors (Lipinski definition) is 1. The van der Waals surface area contributed by atoms with Crippen LogP contribution in [0.3, 0.4) is 0 Å². The highest BCUT2D eigenvalue weighted by Crippen LogP contribution is 2.27. The lowest BCUT2D eigenvalue weighted by Crippen LogP contribution is -2.42. The van der Waals surface area contributed by atoms with Gasteiger partial charge in [0.2, 0.25) is 0 Å². The molecular formula is C23H18ClF2N3O4S. The van der Waals surface area contributed by atoms with Crippen molar-refractivity contribution in [3.8, 4) is 0 Å². The van der Waals surface area contributed by atoms with Crippen molar-refractivity contribution in [3.05, 3.63) is 101 Å². The first-order valence-electron chi connectivity index (χ1n) is 9.73. The van der Waals surface area contributed by atoms with Crippen molar-refractivity contribution in [1.29, 1.82) is 0 Å². The van der Waals surface area contributed by atoms with Crippen molar-refractivity contribution in [1.82, 2.24) is 9.62 Å². The van der Waals surface area contributed by atoms with Crippen LogP contribution < -0.4 is 9.62 Å². The summed E-state index contributed by atoms with van der Waals surface area (Å²) in [6, 6.07) is 16.7. The first kappa shape index (κ1) is 25.0. The first-order valence-corrected chi connectivity index (χ1v) is 10.8. The summed E-state index contributed by atoms with van der Waals surface area (Å²) in [5.41, 5.74) is 0.0861. The minimum atomic E-state index is -1.28. The molecule has 3 aromatic carbocycles. The van der Waals surface area contributed by atoms with Crippen LogP contribution in [-0.4, -0.2) is 29.4 Å². The maximum Gasteiger partial charge on any atom is 0.421 e. The van der Waals surface area contributed by atoms with Gasteiger partial charge in [-0.25, -0.2) is 27.0 Å². The van der Waals surface area contributed by atoms with E-state index in [0.29, 0.717) is 17.2 Å². The molecule has 0 aromatic heterocycles. The van der Waals surface area contributed by atoms with Crippen molar-refractivity contribution < 1.29 is 27.9 Å². The fraction of sp³-hybridized carbons (Fsp3) is 0.0870. The van der Waals surface area contributed by atoms with Gasteiger partial charge >= 0.3 is 12.1 Å². The maximum absolute atomic E-state index is 13.9. The third kappa shape index (κ3) is 6.46. The summed E-state index contributed by atoms with van der Waals surface area (Å²) in [5.74, 6) is -3.54. The van der Waals surface area contributed by atoms with Crippen LogP contribution >= 0.6 is 23.7 Å². The predicted molar refractivity (Wildman–Crippen MR) is 125 cm³/mol. The lowest BCUT2D eigenvalue weighted by Gasteiger charge is -2.25. The Labute approximate surface area is 203 Å². The number of amides is 4. The van der Waals surface area contributed by atoms with Gasteiger partial charge < -0.3 is 4.74 Å². The molecule has 3 rings (SSSR count). The van der Waals surface area contributed by atoms with Gasteiger partial charge in [-0.3, -0.25) is 10.1 Å². The molecule has 3 aromatic rings. The molecule has 1 N–H and O–H groups in total. The van der Waals surface area contributed by atoms with Crippen LogP contribution in [0.25, 0.3) is 0 Å². The fourth-order valence-corrected chi connectivity index (χ4v) is 3.50. The Hall–Kier alpha value is -3.63. The molecule has 34 heavy (non-hydrogen) atoms. The molecule has 7 nitrogen and oxygen atoms in total. The Balaban J connectivity index is 1.75. The standard InChI is InChI=1S/C23H18ClF2N3O4S/c1-28(23(32)33-14-15-6-3-2-4-7-15)34-29(17-12-10-16(24)11-13-17)22(31)27-21(30)20-18(25)8-5-9-19(20)26/h2-13H,14H2,1H3,(H,27,30,31). The van der Waals surface area contributed by atoms with E-state index in [9.17, 15) is 23.2 Å². The smallest absolute Gasteiger partial charge is 0.421 e. The molecule has 0 saturated heterocycles. The number of nitrogens with one attached hydrogen (secondary N) is 1. The molecule has 11 heteroatoms. The van der Waals surface area contributed by atoms with Crippen molar-refractivity contribution in [2.45, 2.75) is 6.61 Å². The van der Waals surface area contributed by atoms with Crippen molar-refractivity contribution in [2.75, 3.05) is 11.4 Å². The Kier molecular flexibility index (Phi) is 8.44. The monoisotopic (exact) mass is 505 g/mol. The minimum absolute atomic E-state index is 0.00274. The first-order chi connectivity index (χ1) is 16.3. The zero-order valence-electron chi connectivity index (χ0n) is 17.7. The van der Waals surface area contributed by atoms with E-state index in [1.54, 1.807) is 24.3 Å². The van der Waals surface area contributed by atoms with Crippen LogP contribution in [-0.2, 0) is 11.3 Å². The summed E-state index contributed by atoms with van der Waals surface area (Å²) >= 11 is 6.50. The van der Waals surface area contributed by atoms with Gasteiger partial charge in [-0.2, -0.15) is 0 Å². The molecule has 0 atom stereocenters. The van der Waals surface area contributed by atoms with E-state index in [2.05, 4.69) is 0 Å². The third-order valence-electron chi connectivity index (χ3n) is 4.32. The van der Waals surface area contributed by atoms with Gasteiger partial charge in [0.1, 0.15) is 23.8 Å². The van der Waals surface area contributed by atoms with Crippen molar-refractivity contribution >= 4 is 47.5 Å². The average Bonchev–Trinajstić information content (AvgIpc) is 2.82. The number of urea groups is 1. The molecule has 0 radical (unpaired) electrons. The Morgan fingerprint density at radius 3 is 2.18 bits per heavy atom. The summed E-state index contributed by atoms with van der Waals surface area (Å²) in [6.07, 6.45) is -0.771.